The second-order valence-corrected chi connectivity index (χ2v) is 6.31. The molecule has 1 aliphatic carbocycles. The second-order valence-electron chi connectivity index (χ2n) is 4.89. The summed E-state index contributed by atoms with van der Waals surface area (Å²) in [6.45, 7) is 1.83. The van der Waals surface area contributed by atoms with Gasteiger partial charge in [0, 0.05) is 18.2 Å². The van der Waals surface area contributed by atoms with Crippen molar-refractivity contribution in [3.05, 3.63) is 35.9 Å². The van der Waals surface area contributed by atoms with Crippen LogP contribution in [0.15, 0.2) is 30.3 Å². The van der Waals surface area contributed by atoms with Crippen molar-refractivity contribution in [3.63, 3.8) is 0 Å². The van der Waals surface area contributed by atoms with Gasteiger partial charge in [0.1, 0.15) is 6.61 Å². The zero-order valence-electron chi connectivity index (χ0n) is 11.5. The van der Waals surface area contributed by atoms with Crippen molar-refractivity contribution < 1.29 is 14.3 Å². The third-order valence-electron chi connectivity index (χ3n) is 3.29. The topological polar surface area (TPSA) is 55.4 Å². The fraction of sp³-hybridized carbons (Fsp3) is 0.467. The molecule has 4 nitrogen and oxygen atoms in total. The van der Waals surface area contributed by atoms with Gasteiger partial charge in [0.05, 0.1) is 0 Å². The van der Waals surface area contributed by atoms with Gasteiger partial charge in [0.2, 0.25) is 0 Å². The van der Waals surface area contributed by atoms with Gasteiger partial charge in [0.15, 0.2) is 5.12 Å². The number of benzene rings is 1. The highest BCUT2D eigenvalue weighted by molar-refractivity contribution is 8.14. The summed E-state index contributed by atoms with van der Waals surface area (Å²) in [5, 5.41) is 3.15. The van der Waals surface area contributed by atoms with E-state index in [1.165, 1.54) is 11.8 Å². The third kappa shape index (κ3) is 4.56. The van der Waals surface area contributed by atoms with Gasteiger partial charge in [-0.25, -0.2) is 4.79 Å². The average Bonchev–Trinajstić information content (AvgIpc) is 2.84. The van der Waals surface area contributed by atoms with Crippen LogP contribution in [0.4, 0.5) is 4.79 Å². The normalized spacial score (nSPS) is 21.4. The van der Waals surface area contributed by atoms with E-state index in [0.29, 0.717) is 0 Å². The standard InChI is InChI=1S/C15H19NO3S/c1-11(17)20-14-9-5-8-13(14)16-15(18)19-10-12-6-3-2-4-7-12/h2-4,6-7,13-14H,5,8-10H2,1H3,(H,16,18)/t13-,14+/m0/s1. The monoisotopic (exact) mass is 293 g/mol. The first-order chi connectivity index (χ1) is 9.65. The number of carbonyl (C=O) groups excluding carboxylic acids is 2. The summed E-state index contributed by atoms with van der Waals surface area (Å²) < 4.78 is 5.20. The fourth-order valence-corrected chi connectivity index (χ4v) is 3.44. The van der Waals surface area contributed by atoms with Crippen LogP contribution in [0.2, 0.25) is 0 Å². The lowest BCUT2D eigenvalue weighted by Gasteiger charge is -2.19. The molecule has 108 valence electrons. The van der Waals surface area contributed by atoms with Crippen LogP contribution in [0.1, 0.15) is 31.7 Å². The lowest BCUT2D eigenvalue weighted by Crippen LogP contribution is -2.39. The molecule has 0 spiro atoms. The fourth-order valence-electron chi connectivity index (χ4n) is 2.36. The largest absolute Gasteiger partial charge is 0.445 e. The van der Waals surface area contributed by atoms with Crippen molar-refractivity contribution in [2.24, 2.45) is 0 Å². The molecule has 0 unspecified atom stereocenters. The molecule has 20 heavy (non-hydrogen) atoms. The minimum absolute atomic E-state index is 0.0344. The van der Waals surface area contributed by atoms with Crippen LogP contribution in [0, 0.1) is 0 Å². The Morgan fingerprint density at radius 1 is 1.30 bits per heavy atom. The molecule has 1 aliphatic rings. The third-order valence-corrected chi connectivity index (χ3v) is 4.48. The Morgan fingerprint density at radius 3 is 2.75 bits per heavy atom. The summed E-state index contributed by atoms with van der Waals surface area (Å²) in [5.74, 6) is 0. The Hall–Kier alpha value is -1.49. The lowest BCUT2D eigenvalue weighted by molar-refractivity contribution is -0.109. The van der Waals surface area contributed by atoms with Gasteiger partial charge in [-0.15, -0.1) is 0 Å². The van der Waals surface area contributed by atoms with Crippen LogP contribution >= 0.6 is 11.8 Å². The van der Waals surface area contributed by atoms with E-state index in [4.69, 9.17) is 4.74 Å². The number of alkyl carbamates (subject to hydrolysis) is 1. The molecule has 2 atom stereocenters. The van der Waals surface area contributed by atoms with Crippen molar-refractivity contribution in [2.45, 2.75) is 44.1 Å². The van der Waals surface area contributed by atoms with Crippen molar-refractivity contribution in [1.29, 1.82) is 0 Å². The number of carbonyl (C=O) groups is 2. The van der Waals surface area contributed by atoms with E-state index in [-0.39, 0.29) is 23.0 Å². The molecule has 5 heteroatoms. The van der Waals surface area contributed by atoms with Crippen molar-refractivity contribution in [2.75, 3.05) is 0 Å². The first-order valence-electron chi connectivity index (χ1n) is 6.79. The SMILES string of the molecule is CC(=O)S[C@@H]1CCC[C@@H]1NC(=O)OCc1ccccc1. The minimum Gasteiger partial charge on any atom is -0.445 e. The number of ether oxygens (including phenoxy) is 1. The smallest absolute Gasteiger partial charge is 0.407 e. The molecular weight excluding hydrogens is 274 g/mol. The van der Waals surface area contributed by atoms with E-state index in [1.54, 1.807) is 6.92 Å². The first kappa shape index (κ1) is 14.9. The van der Waals surface area contributed by atoms with Crippen LogP contribution in [0.3, 0.4) is 0 Å². The van der Waals surface area contributed by atoms with E-state index in [2.05, 4.69) is 5.32 Å². The predicted molar refractivity (Wildman–Crippen MR) is 79.5 cm³/mol. The van der Waals surface area contributed by atoms with Gasteiger partial charge in [-0.2, -0.15) is 0 Å². The summed E-state index contributed by atoms with van der Waals surface area (Å²) in [7, 11) is 0. The summed E-state index contributed by atoms with van der Waals surface area (Å²) in [5.41, 5.74) is 0.962. The van der Waals surface area contributed by atoms with Gasteiger partial charge in [0.25, 0.3) is 0 Å². The number of hydrogen-bond acceptors (Lipinski definition) is 4. The predicted octanol–water partition coefficient (Wildman–Crippen LogP) is 3.11. The Kier molecular flexibility index (Phi) is 5.47. The van der Waals surface area contributed by atoms with Crippen LogP contribution in [-0.4, -0.2) is 22.5 Å². The molecule has 1 saturated carbocycles. The van der Waals surface area contributed by atoms with E-state index in [9.17, 15) is 9.59 Å². The van der Waals surface area contributed by atoms with Crippen molar-refractivity contribution in [3.8, 4) is 0 Å². The molecular formula is C15H19NO3S. The molecule has 1 N–H and O–H groups in total. The van der Waals surface area contributed by atoms with Crippen molar-refractivity contribution in [1.82, 2.24) is 5.32 Å². The Labute approximate surface area is 123 Å². The summed E-state index contributed by atoms with van der Waals surface area (Å²) in [4.78, 5) is 22.9. The van der Waals surface area contributed by atoms with Crippen LogP contribution in [-0.2, 0) is 16.1 Å². The maximum Gasteiger partial charge on any atom is 0.407 e. The molecule has 1 fully saturated rings. The quantitative estimate of drug-likeness (QED) is 0.926. The van der Waals surface area contributed by atoms with E-state index in [1.807, 2.05) is 30.3 Å². The van der Waals surface area contributed by atoms with Gasteiger partial charge in [-0.1, -0.05) is 48.5 Å². The molecule has 1 aromatic carbocycles. The second kappa shape index (κ2) is 7.33. The summed E-state index contributed by atoms with van der Waals surface area (Å²) in [6.07, 6.45) is 2.50. The van der Waals surface area contributed by atoms with E-state index >= 15 is 0 Å². The molecule has 0 aliphatic heterocycles. The van der Waals surface area contributed by atoms with Gasteiger partial charge in [-0.05, 0) is 18.4 Å². The molecule has 0 radical (unpaired) electrons. The zero-order valence-corrected chi connectivity index (χ0v) is 12.3. The maximum absolute atomic E-state index is 11.8. The van der Waals surface area contributed by atoms with Gasteiger partial charge in [-0.3, -0.25) is 4.79 Å². The molecule has 2 rings (SSSR count). The molecule has 0 heterocycles. The lowest BCUT2D eigenvalue weighted by atomic mass is 10.2. The highest BCUT2D eigenvalue weighted by Crippen LogP contribution is 2.30. The highest BCUT2D eigenvalue weighted by atomic mass is 32.2. The van der Waals surface area contributed by atoms with E-state index < -0.39 is 6.09 Å². The Bertz CT molecular complexity index is 463. The Morgan fingerprint density at radius 2 is 2.05 bits per heavy atom. The van der Waals surface area contributed by atoms with Crippen LogP contribution in [0.25, 0.3) is 0 Å². The van der Waals surface area contributed by atoms with Crippen LogP contribution in [0.5, 0.6) is 0 Å². The summed E-state index contributed by atoms with van der Waals surface area (Å²) in [6, 6.07) is 9.60. The van der Waals surface area contributed by atoms with Gasteiger partial charge >= 0.3 is 6.09 Å². The zero-order chi connectivity index (χ0) is 14.4. The molecule has 0 saturated heterocycles. The minimum atomic E-state index is -0.407. The van der Waals surface area contributed by atoms with Crippen molar-refractivity contribution >= 4 is 23.0 Å². The molecule has 0 bridgehead atoms. The number of hydrogen-bond donors (Lipinski definition) is 1. The molecule has 1 aromatic rings. The number of amides is 1. The van der Waals surface area contributed by atoms with Gasteiger partial charge < -0.3 is 10.1 Å². The highest BCUT2D eigenvalue weighted by Gasteiger charge is 2.30. The Balaban J connectivity index is 1.77. The first-order valence-corrected chi connectivity index (χ1v) is 7.67. The van der Waals surface area contributed by atoms with E-state index in [0.717, 1.165) is 24.8 Å². The number of rotatable bonds is 4. The summed E-state index contributed by atoms with van der Waals surface area (Å²) >= 11 is 1.32. The number of nitrogens with one attached hydrogen (secondary N) is 1. The molecule has 1 amide bonds. The maximum atomic E-state index is 11.8. The van der Waals surface area contributed by atoms with Crippen LogP contribution < -0.4 is 5.32 Å². The number of thioether (sulfide) groups is 1. The average molecular weight is 293 g/mol. The molecule has 0 aromatic heterocycles.